The number of hydrogen-bond donors (Lipinski definition) is 2. The lowest BCUT2D eigenvalue weighted by Gasteiger charge is -2.02. The van der Waals surface area contributed by atoms with Crippen LogP contribution in [-0.4, -0.2) is 28.5 Å². The van der Waals surface area contributed by atoms with E-state index in [0.717, 1.165) is 0 Å². The van der Waals surface area contributed by atoms with Gasteiger partial charge in [0.05, 0.1) is 0 Å². The number of aromatic hydroxyl groups is 1. The number of hydrogen-bond acceptors (Lipinski definition) is 4. The van der Waals surface area contributed by atoms with E-state index in [-0.39, 0.29) is 23.6 Å². The van der Waals surface area contributed by atoms with Crippen molar-refractivity contribution in [3.63, 3.8) is 0 Å². The highest BCUT2D eigenvalue weighted by atomic mass is 16.6. The molecule has 5 nitrogen and oxygen atoms in total. The third-order valence-electron chi connectivity index (χ3n) is 1.67. The normalized spacial score (nSPS) is 10.9. The van der Waals surface area contributed by atoms with E-state index in [2.05, 4.69) is 11.7 Å². The van der Waals surface area contributed by atoms with E-state index in [1.54, 1.807) is 0 Å². The summed E-state index contributed by atoms with van der Waals surface area (Å²) in [7, 11) is 0. The summed E-state index contributed by atoms with van der Waals surface area (Å²) in [6, 6.07) is 5.78. The lowest BCUT2D eigenvalue weighted by molar-refractivity contribution is -0.129. The third-order valence-corrected chi connectivity index (χ3v) is 1.67. The highest BCUT2D eigenvalue weighted by Gasteiger charge is 2.13. The summed E-state index contributed by atoms with van der Waals surface area (Å²) in [6.07, 6.45) is 1.45. The van der Waals surface area contributed by atoms with E-state index >= 15 is 0 Å². The molecule has 0 unspecified atom stereocenters. The van der Waals surface area contributed by atoms with Crippen molar-refractivity contribution in [2.24, 2.45) is 5.16 Å². The van der Waals surface area contributed by atoms with E-state index in [4.69, 9.17) is 9.94 Å². The van der Waals surface area contributed by atoms with Gasteiger partial charge in [0.1, 0.15) is 12.4 Å². The lowest BCUT2D eigenvalue weighted by Crippen LogP contribution is -2.15. The second-order valence-electron chi connectivity index (χ2n) is 2.88. The van der Waals surface area contributed by atoms with Gasteiger partial charge in [0.15, 0.2) is 5.71 Å². The van der Waals surface area contributed by atoms with Crippen LogP contribution in [0.15, 0.2) is 42.1 Å². The third kappa shape index (κ3) is 3.13. The van der Waals surface area contributed by atoms with Crippen LogP contribution < -0.4 is 0 Å². The molecule has 16 heavy (non-hydrogen) atoms. The summed E-state index contributed by atoms with van der Waals surface area (Å²) < 4.78 is 0. The number of aliphatic carboxylic acids is 1. The maximum absolute atomic E-state index is 10.9. The molecular weight excluding hydrogens is 210 g/mol. The zero-order chi connectivity index (χ0) is 12.0. The zero-order valence-electron chi connectivity index (χ0n) is 8.46. The van der Waals surface area contributed by atoms with Gasteiger partial charge in [-0.2, -0.15) is 0 Å². The van der Waals surface area contributed by atoms with Crippen LogP contribution >= 0.6 is 0 Å². The number of carbonyl (C=O) groups is 1. The van der Waals surface area contributed by atoms with Crippen LogP contribution in [0.4, 0.5) is 0 Å². The summed E-state index contributed by atoms with van der Waals surface area (Å²) in [6.45, 7) is 3.53. The maximum Gasteiger partial charge on any atom is 0.358 e. The topological polar surface area (TPSA) is 79.1 Å². The van der Waals surface area contributed by atoms with Crippen LogP contribution in [0, 0.1) is 0 Å². The lowest BCUT2D eigenvalue weighted by atomic mass is 10.1. The molecule has 0 amide bonds. The van der Waals surface area contributed by atoms with Crippen LogP contribution in [-0.2, 0) is 9.63 Å². The average Bonchev–Trinajstić information content (AvgIpc) is 2.24. The van der Waals surface area contributed by atoms with Crippen LogP contribution in [0.3, 0.4) is 0 Å². The Bertz CT molecular complexity index is 426. The van der Waals surface area contributed by atoms with Crippen molar-refractivity contribution < 1.29 is 19.8 Å². The molecule has 0 heterocycles. The van der Waals surface area contributed by atoms with Crippen LogP contribution in [0.1, 0.15) is 5.56 Å². The quantitative estimate of drug-likeness (QED) is 0.341. The molecule has 1 rings (SSSR count). The van der Waals surface area contributed by atoms with E-state index in [9.17, 15) is 9.90 Å². The van der Waals surface area contributed by atoms with E-state index in [1.165, 1.54) is 30.3 Å². The Labute approximate surface area is 92.3 Å². The Kier molecular flexibility index (Phi) is 4.08. The molecule has 2 N–H and O–H groups in total. The van der Waals surface area contributed by atoms with Gasteiger partial charge in [0.2, 0.25) is 0 Å². The van der Waals surface area contributed by atoms with Crippen molar-refractivity contribution in [2.75, 3.05) is 6.61 Å². The molecule has 0 fully saturated rings. The fourth-order valence-corrected chi connectivity index (χ4v) is 1.02. The average molecular weight is 221 g/mol. The van der Waals surface area contributed by atoms with E-state index in [1.807, 2.05) is 0 Å². The summed E-state index contributed by atoms with van der Waals surface area (Å²) in [5, 5.41) is 21.6. The fourth-order valence-electron chi connectivity index (χ4n) is 1.02. The van der Waals surface area contributed by atoms with Gasteiger partial charge in [-0.25, -0.2) is 4.79 Å². The highest BCUT2D eigenvalue weighted by Crippen LogP contribution is 2.12. The molecule has 0 aliphatic carbocycles. The summed E-state index contributed by atoms with van der Waals surface area (Å²) in [4.78, 5) is 15.6. The molecule has 0 atom stereocenters. The Morgan fingerprint density at radius 2 is 2.31 bits per heavy atom. The number of rotatable bonds is 5. The van der Waals surface area contributed by atoms with Crippen molar-refractivity contribution in [1.82, 2.24) is 0 Å². The standard InChI is InChI=1S/C11H11NO4/c1-2-6-16-12-10(11(14)15)8-4-3-5-9(13)7-8/h2-5,7,13H,1,6H2,(H,14,15). The molecule has 0 radical (unpaired) electrons. The Morgan fingerprint density at radius 1 is 1.56 bits per heavy atom. The molecule has 0 aromatic heterocycles. The Balaban J connectivity index is 2.98. The molecule has 0 aliphatic rings. The first-order valence-electron chi connectivity index (χ1n) is 4.48. The minimum absolute atomic E-state index is 0.0322. The first-order chi connectivity index (χ1) is 7.65. The second kappa shape index (κ2) is 5.55. The summed E-state index contributed by atoms with van der Waals surface area (Å²) in [5.74, 6) is -1.26. The zero-order valence-corrected chi connectivity index (χ0v) is 8.46. The maximum atomic E-state index is 10.9. The first-order valence-corrected chi connectivity index (χ1v) is 4.48. The minimum atomic E-state index is -1.23. The van der Waals surface area contributed by atoms with Crippen molar-refractivity contribution in [3.05, 3.63) is 42.5 Å². The predicted octanol–water partition coefficient (Wildman–Crippen LogP) is 1.38. The molecule has 84 valence electrons. The monoisotopic (exact) mass is 221 g/mol. The predicted molar refractivity (Wildman–Crippen MR) is 58.4 cm³/mol. The molecule has 1 aromatic rings. The number of benzene rings is 1. The highest BCUT2D eigenvalue weighted by molar-refractivity contribution is 6.42. The van der Waals surface area contributed by atoms with Gasteiger partial charge in [0.25, 0.3) is 0 Å². The molecule has 0 bridgehead atoms. The summed E-state index contributed by atoms with van der Waals surface area (Å²) >= 11 is 0. The molecule has 0 saturated heterocycles. The van der Waals surface area contributed by atoms with Gasteiger partial charge in [-0.3, -0.25) is 0 Å². The van der Waals surface area contributed by atoms with Crippen molar-refractivity contribution >= 4 is 11.7 Å². The largest absolute Gasteiger partial charge is 0.508 e. The van der Waals surface area contributed by atoms with E-state index < -0.39 is 5.97 Å². The Hall–Kier alpha value is -2.30. The van der Waals surface area contributed by atoms with Crippen LogP contribution in [0.25, 0.3) is 0 Å². The molecule has 0 aliphatic heterocycles. The van der Waals surface area contributed by atoms with Gasteiger partial charge >= 0.3 is 5.97 Å². The number of phenols is 1. The molecule has 5 heteroatoms. The number of phenolic OH excluding ortho intramolecular Hbond substituents is 1. The minimum Gasteiger partial charge on any atom is -0.508 e. The van der Waals surface area contributed by atoms with Gasteiger partial charge in [-0.15, -0.1) is 0 Å². The first kappa shape index (κ1) is 11.8. The molecule has 0 spiro atoms. The fraction of sp³-hybridized carbons (Fsp3) is 0.0909. The smallest absolute Gasteiger partial charge is 0.358 e. The Morgan fingerprint density at radius 3 is 2.88 bits per heavy atom. The van der Waals surface area contributed by atoms with Gasteiger partial charge in [0, 0.05) is 5.56 Å². The SMILES string of the molecule is C=CCON=C(C(=O)O)c1cccc(O)c1. The van der Waals surface area contributed by atoms with Crippen molar-refractivity contribution in [1.29, 1.82) is 0 Å². The summed E-state index contributed by atoms with van der Waals surface area (Å²) in [5.41, 5.74) is 0.00862. The van der Waals surface area contributed by atoms with Crippen LogP contribution in [0.5, 0.6) is 5.75 Å². The number of carboxylic acid groups (broad SMARTS) is 1. The van der Waals surface area contributed by atoms with Gasteiger partial charge in [-0.05, 0) is 12.1 Å². The van der Waals surface area contributed by atoms with E-state index in [0.29, 0.717) is 0 Å². The van der Waals surface area contributed by atoms with Crippen molar-refractivity contribution in [2.45, 2.75) is 0 Å². The molecule has 1 aromatic carbocycles. The van der Waals surface area contributed by atoms with Gasteiger partial charge in [-0.1, -0.05) is 29.9 Å². The van der Waals surface area contributed by atoms with Gasteiger partial charge < -0.3 is 15.1 Å². The number of oxime groups is 1. The molecule has 0 saturated carbocycles. The number of carboxylic acids is 1. The molecular formula is C11H11NO4. The number of nitrogens with zero attached hydrogens (tertiary/aromatic N) is 1. The van der Waals surface area contributed by atoms with Crippen LogP contribution in [0.2, 0.25) is 0 Å². The second-order valence-corrected chi connectivity index (χ2v) is 2.88. The van der Waals surface area contributed by atoms with Crippen molar-refractivity contribution in [3.8, 4) is 5.75 Å².